The molecule has 3 N–H and O–H groups in total. The van der Waals surface area contributed by atoms with E-state index in [9.17, 15) is 4.79 Å². The van der Waals surface area contributed by atoms with E-state index < -0.39 is 5.41 Å². The Balaban J connectivity index is 1.65. The van der Waals surface area contributed by atoms with Gasteiger partial charge in [-0.15, -0.1) is 0 Å². The maximum Gasteiger partial charge on any atom is 0.230 e. The standard InChI is InChI=1S/C13H24N2O3/c1-13(9-17-8-11(13)14)12(16)15-6-7-18-10-4-2-3-5-10/h10-11H,2-9,14H2,1H3,(H,15,16). The van der Waals surface area contributed by atoms with Crippen LogP contribution in [-0.2, 0) is 14.3 Å². The third kappa shape index (κ3) is 3.02. The summed E-state index contributed by atoms with van der Waals surface area (Å²) in [5.74, 6) is -0.0254. The predicted octanol–water partition coefficient (Wildman–Crippen LogP) is 0.426. The molecule has 0 bridgehead atoms. The Bertz CT molecular complexity index is 292. The summed E-state index contributed by atoms with van der Waals surface area (Å²) < 4.78 is 11.0. The molecule has 5 heteroatoms. The Labute approximate surface area is 108 Å². The zero-order chi connectivity index (χ0) is 13.0. The van der Waals surface area contributed by atoms with E-state index in [-0.39, 0.29) is 11.9 Å². The number of amides is 1. The van der Waals surface area contributed by atoms with Crippen molar-refractivity contribution < 1.29 is 14.3 Å². The normalized spacial score (nSPS) is 32.9. The molecule has 2 atom stereocenters. The lowest BCUT2D eigenvalue weighted by Gasteiger charge is -2.25. The molecule has 0 aromatic heterocycles. The topological polar surface area (TPSA) is 73.6 Å². The molecule has 0 aromatic carbocycles. The predicted molar refractivity (Wildman–Crippen MR) is 68.1 cm³/mol. The quantitative estimate of drug-likeness (QED) is 0.699. The van der Waals surface area contributed by atoms with Gasteiger partial charge >= 0.3 is 0 Å². The fraction of sp³-hybridized carbons (Fsp3) is 0.923. The first-order valence-electron chi connectivity index (χ1n) is 6.86. The molecule has 5 nitrogen and oxygen atoms in total. The first kappa shape index (κ1) is 13.8. The summed E-state index contributed by atoms with van der Waals surface area (Å²) in [5.41, 5.74) is 5.31. The number of hydrogen-bond acceptors (Lipinski definition) is 4. The lowest BCUT2D eigenvalue weighted by atomic mass is 9.85. The van der Waals surface area contributed by atoms with Crippen LogP contribution >= 0.6 is 0 Å². The zero-order valence-electron chi connectivity index (χ0n) is 11.1. The summed E-state index contributed by atoms with van der Waals surface area (Å²) >= 11 is 0. The van der Waals surface area contributed by atoms with Gasteiger partial charge < -0.3 is 20.5 Å². The molecular weight excluding hydrogens is 232 g/mol. The van der Waals surface area contributed by atoms with Gasteiger partial charge in [0.25, 0.3) is 0 Å². The van der Waals surface area contributed by atoms with Crippen LogP contribution in [-0.4, -0.2) is 44.4 Å². The minimum atomic E-state index is -0.590. The Hall–Kier alpha value is -0.650. The van der Waals surface area contributed by atoms with Crippen molar-refractivity contribution in [2.45, 2.75) is 44.8 Å². The third-order valence-electron chi connectivity index (χ3n) is 4.08. The second kappa shape index (κ2) is 5.99. The van der Waals surface area contributed by atoms with Crippen LogP contribution in [0.2, 0.25) is 0 Å². The molecule has 2 rings (SSSR count). The highest BCUT2D eigenvalue weighted by atomic mass is 16.5. The van der Waals surface area contributed by atoms with Crippen molar-refractivity contribution in [3.8, 4) is 0 Å². The second-order valence-electron chi connectivity index (χ2n) is 5.57. The van der Waals surface area contributed by atoms with Gasteiger partial charge in [0, 0.05) is 12.6 Å². The monoisotopic (exact) mass is 256 g/mol. The van der Waals surface area contributed by atoms with Crippen molar-refractivity contribution in [3.05, 3.63) is 0 Å². The molecule has 1 amide bonds. The molecule has 104 valence electrons. The SMILES string of the molecule is CC1(C(=O)NCCOC2CCCC2)COCC1N. The van der Waals surface area contributed by atoms with Crippen LogP contribution in [0, 0.1) is 5.41 Å². The number of nitrogens with one attached hydrogen (secondary N) is 1. The summed E-state index contributed by atoms with van der Waals surface area (Å²) in [6.45, 7) is 3.87. The van der Waals surface area contributed by atoms with Gasteiger partial charge in [0.05, 0.1) is 31.3 Å². The number of carbonyl (C=O) groups excluding carboxylic acids is 1. The summed E-state index contributed by atoms with van der Waals surface area (Å²) in [6.07, 6.45) is 5.24. The number of nitrogens with two attached hydrogens (primary N) is 1. The van der Waals surface area contributed by atoms with Crippen molar-refractivity contribution in [3.63, 3.8) is 0 Å². The van der Waals surface area contributed by atoms with Crippen LogP contribution in [0.25, 0.3) is 0 Å². The van der Waals surface area contributed by atoms with E-state index in [1.807, 2.05) is 6.92 Å². The molecular formula is C13H24N2O3. The van der Waals surface area contributed by atoms with Crippen molar-refractivity contribution in [2.24, 2.45) is 11.1 Å². The molecule has 0 spiro atoms. The van der Waals surface area contributed by atoms with Crippen LogP contribution < -0.4 is 11.1 Å². The molecule has 2 aliphatic rings. The molecule has 1 heterocycles. The lowest BCUT2D eigenvalue weighted by molar-refractivity contribution is -0.131. The Morgan fingerprint density at radius 1 is 1.50 bits per heavy atom. The Kier molecular flexibility index (Phi) is 4.59. The van der Waals surface area contributed by atoms with E-state index in [4.69, 9.17) is 15.2 Å². The summed E-state index contributed by atoms with van der Waals surface area (Å²) in [4.78, 5) is 12.0. The van der Waals surface area contributed by atoms with Gasteiger partial charge in [0.2, 0.25) is 5.91 Å². The Morgan fingerprint density at radius 2 is 2.22 bits per heavy atom. The lowest BCUT2D eigenvalue weighted by Crippen LogP contribution is -2.50. The van der Waals surface area contributed by atoms with E-state index in [2.05, 4.69) is 5.32 Å². The number of ether oxygens (including phenoxy) is 2. The van der Waals surface area contributed by atoms with Crippen LogP contribution in [0.5, 0.6) is 0 Å². The van der Waals surface area contributed by atoms with Crippen molar-refractivity contribution in [1.29, 1.82) is 0 Å². The molecule has 18 heavy (non-hydrogen) atoms. The average Bonchev–Trinajstić information content (AvgIpc) is 2.97. The highest BCUT2D eigenvalue weighted by Crippen LogP contribution is 2.27. The van der Waals surface area contributed by atoms with Gasteiger partial charge in [0.15, 0.2) is 0 Å². The fourth-order valence-electron chi connectivity index (χ4n) is 2.57. The molecule has 2 fully saturated rings. The van der Waals surface area contributed by atoms with Gasteiger partial charge in [0.1, 0.15) is 0 Å². The minimum absolute atomic E-state index is 0.0254. The van der Waals surface area contributed by atoms with E-state index in [1.165, 1.54) is 12.8 Å². The molecule has 1 aliphatic heterocycles. The summed E-state index contributed by atoms with van der Waals surface area (Å²) in [7, 11) is 0. The first-order chi connectivity index (χ1) is 8.63. The third-order valence-corrected chi connectivity index (χ3v) is 4.08. The molecule has 1 saturated carbocycles. The van der Waals surface area contributed by atoms with Crippen molar-refractivity contribution in [2.75, 3.05) is 26.4 Å². The molecule has 0 radical (unpaired) electrons. The molecule has 0 aromatic rings. The van der Waals surface area contributed by atoms with Gasteiger partial charge in [-0.25, -0.2) is 0 Å². The maximum atomic E-state index is 12.0. The van der Waals surface area contributed by atoms with Crippen LogP contribution in [0.3, 0.4) is 0 Å². The van der Waals surface area contributed by atoms with Gasteiger partial charge in [-0.05, 0) is 19.8 Å². The largest absolute Gasteiger partial charge is 0.379 e. The second-order valence-corrected chi connectivity index (χ2v) is 5.57. The minimum Gasteiger partial charge on any atom is -0.379 e. The van der Waals surface area contributed by atoms with Gasteiger partial charge in [-0.2, -0.15) is 0 Å². The van der Waals surface area contributed by atoms with E-state index in [0.29, 0.717) is 32.5 Å². The number of hydrogen-bond donors (Lipinski definition) is 2. The Morgan fingerprint density at radius 3 is 2.83 bits per heavy atom. The van der Waals surface area contributed by atoms with Gasteiger partial charge in [-0.1, -0.05) is 12.8 Å². The number of carbonyl (C=O) groups is 1. The van der Waals surface area contributed by atoms with Crippen LogP contribution in [0.1, 0.15) is 32.6 Å². The fourth-order valence-corrected chi connectivity index (χ4v) is 2.57. The maximum absolute atomic E-state index is 12.0. The molecule has 1 saturated heterocycles. The van der Waals surface area contributed by atoms with Crippen LogP contribution in [0.15, 0.2) is 0 Å². The van der Waals surface area contributed by atoms with Gasteiger partial charge in [-0.3, -0.25) is 4.79 Å². The average molecular weight is 256 g/mol. The van der Waals surface area contributed by atoms with Crippen molar-refractivity contribution in [1.82, 2.24) is 5.32 Å². The molecule has 1 aliphatic carbocycles. The van der Waals surface area contributed by atoms with Crippen molar-refractivity contribution >= 4 is 5.91 Å². The zero-order valence-corrected chi connectivity index (χ0v) is 11.1. The smallest absolute Gasteiger partial charge is 0.230 e. The van der Waals surface area contributed by atoms with E-state index in [0.717, 1.165) is 12.8 Å². The van der Waals surface area contributed by atoms with Crippen LogP contribution in [0.4, 0.5) is 0 Å². The highest BCUT2D eigenvalue weighted by Gasteiger charge is 2.44. The highest BCUT2D eigenvalue weighted by molar-refractivity contribution is 5.83. The summed E-state index contributed by atoms with van der Waals surface area (Å²) in [5, 5.41) is 2.90. The van der Waals surface area contributed by atoms with E-state index in [1.54, 1.807) is 0 Å². The molecule has 2 unspecified atom stereocenters. The number of rotatable bonds is 5. The van der Waals surface area contributed by atoms with E-state index >= 15 is 0 Å². The first-order valence-corrected chi connectivity index (χ1v) is 6.86. The summed E-state index contributed by atoms with van der Waals surface area (Å²) in [6, 6.07) is -0.215.